The molecular weight excluding hydrogens is 336 g/mol. The molecule has 1 aliphatic heterocycles. The summed E-state index contributed by atoms with van der Waals surface area (Å²) in [5.41, 5.74) is 1.88. The van der Waals surface area contributed by atoms with E-state index < -0.39 is 0 Å². The van der Waals surface area contributed by atoms with E-state index in [-0.39, 0.29) is 6.10 Å². The van der Waals surface area contributed by atoms with Gasteiger partial charge in [-0.05, 0) is 51.9 Å². The Morgan fingerprint density at radius 1 is 1.32 bits per heavy atom. The highest BCUT2D eigenvalue weighted by Crippen LogP contribution is 2.31. The SMILES string of the molecule is COc1ccc(N(Cc2cncs2)C2CCNCC2)nc1OC(C)C. The summed E-state index contributed by atoms with van der Waals surface area (Å²) >= 11 is 1.68. The number of aromatic nitrogens is 2. The van der Waals surface area contributed by atoms with Crippen LogP contribution in [0.1, 0.15) is 31.6 Å². The molecule has 1 aliphatic rings. The monoisotopic (exact) mass is 362 g/mol. The maximum Gasteiger partial charge on any atom is 0.259 e. The van der Waals surface area contributed by atoms with Crippen molar-refractivity contribution in [1.82, 2.24) is 15.3 Å². The Balaban J connectivity index is 1.90. The zero-order valence-electron chi connectivity index (χ0n) is 15.1. The number of methoxy groups -OCH3 is 1. The second-order valence-electron chi connectivity index (χ2n) is 6.42. The van der Waals surface area contributed by atoms with Crippen molar-refractivity contribution in [3.63, 3.8) is 0 Å². The van der Waals surface area contributed by atoms with Gasteiger partial charge in [0.1, 0.15) is 5.82 Å². The number of hydrogen-bond donors (Lipinski definition) is 1. The third kappa shape index (κ3) is 4.61. The molecule has 6 nitrogen and oxygen atoms in total. The van der Waals surface area contributed by atoms with Crippen molar-refractivity contribution in [3.05, 3.63) is 28.7 Å². The molecular formula is C18H26N4O2S. The number of nitrogens with one attached hydrogen (secondary N) is 1. The first-order chi connectivity index (χ1) is 12.2. The van der Waals surface area contributed by atoms with Crippen LogP contribution in [0.5, 0.6) is 11.6 Å². The van der Waals surface area contributed by atoms with Crippen molar-refractivity contribution in [2.45, 2.75) is 45.4 Å². The topological polar surface area (TPSA) is 59.5 Å². The van der Waals surface area contributed by atoms with Gasteiger partial charge in [-0.2, -0.15) is 4.98 Å². The Kier molecular flexibility index (Phi) is 6.09. The molecule has 0 bridgehead atoms. The molecule has 0 amide bonds. The van der Waals surface area contributed by atoms with Gasteiger partial charge in [-0.15, -0.1) is 11.3 Å². The number of ether oxygens (including phenoxy) is 2. The van der Waals surface area contributed by atoms with E-state index in [1.165, 1.54) is 4.88 Å². The van der Waals surface area contributed by atoms with Crippen LogP contribution in [0.25, 0.3) is 0 Å². The maximum atomic E-state index is 5.86. The van der Waals surface area contributed by atoms with E-state index >= 15 is 0 Å². The van der Waals surface area contributed by atoms with Crippen molar-refractivity contribution in [3.8, 4) is 11.6 Å². The molecule has 0 radical (unpaired) electrons. The lowest BCUT2D eigenvalue weighted by Crippen LogP contribution is -2.43. The molecule has 0 atom stereocenters. The second-order valence-corrected chi connectivity index (χ2v) is 7.39. The average molecular weight is 362 g/mol. The molecule has 0 aromatic carbocycles. The number of hydrogen-bond acceptors (Lipinski definition) is 7. The zero-order chi connectivity index (χ0) is 17.6. The average Bonchev–Trinajstić information content (AvgIpc) is 3.13. The normalized spacial score (nSPS) is 15.4. The quantitative estimate of drug-likeness (QED) is 0.817. The van der Waals surface area contributed by atoms with Gasteiger partial charge in [-0.1, -0.05) is 0 Å². The largest absolute Gasteiger partial charge is 0.491 e. The lowest BCUT2D eigenvalue weighted by atomic mass is 10.0. The van der Waals surface area contributed by atoms with Crippen LogP contribution in [0.4, 0.5) is 5.82 Å². The summed E-state index contributed by atoms with van der Waals surface area (Å²) in [6, 6.07) is 4.42. The van der Waals surface area contributed by atoms with Crippen molar-refractivity contribution in [1.29, 1.82) is 0 Å². The van der Waals surface area contributed by atoms with Crippen LogP contribution in [0.2, 0.25) is 0 Å². The van der Waals surface area contributed by atoms with E-state index in [1.807, 2.05) is 37.7 Å². The molecule has 1 N–H and O–H groups in total. The molecule has 3 rings (SSSR count). The molecule has 1 saturated heterocycles. The third-order valence-electron chi connectivity index (χ3n) is 4.23. The van der Waals surface area contributed by atoms with Crippen LogP contribution in [0.15, 0.2) is 23.8 Å². The van der Waals surface area contributed by atoms with E-state index in [2.05, 4.69) is 15.2 Å². The van der Waals surface area contributed by atoms with E-state index in [4.69, 9.17) is 14.5 Å². The number of thiazole rings is 1. The minimum absolute atomic E-state index is 0.0467. The molecule has 3 heterocycles. The van der Waals surface area contributed by atoms with Gasteiger partial charge in [-0.3, -0.25) is 4.98 Å². The predicted molar refractivity (Wildman–Crippen MR) is 101 cm³/mol. The third-order valence-corrected chi connectivity index (χ3v) is 5.00. The zero-order valence-corrected chi connectivity index (χ0v) is 15.9. The minimum atomic E-state index is 0.0467. The molecule has 2 aromatic heterocycles. The van der Waals surface area contributed by atoms with Gasteiger partial charge in [0.2, 0.25) is 0 Å². The fraction of sp³-hybridized carbons (Fsp3) is 0.556. The molecule has 7 heteroatoms. The van der Waals surface area contributed by atoms with Gasteiger partial charge in [0.15, 0.2) is 5.75 Å². The van der Waals surface area contributed by atoms with Crippen LogP contribution in [-0.2, 0) is 6.54 Å². The minimum Gasteiger partial charge on any atom is -0.491 e. The molecule has 1 fully saturated rings. The summed E-state index contributed by atoms with van der Waals surface area (Å²) in [4.78, 5) is 12.6. The highest BCUT2D eigenvalue weighted by atomic mass is 32.1. The number of piperidine rings is 1. The Morgan fingerprint density at radius 3 is 2.76 bits per heavy atom. The van der Waals surface area contributed by atoms with Gasteiger partial charge < -0.3 is 19.7 Å². The standard InChI is InChI=1S/C18H26N4O2S/c1-13(2)24-18-16(23-3)4-5-17(21-18)22(11-15-10-20-12-25-15)14-6-8-19-9-7-14/h4-5,10,12-14,19H,6-9,11H2,1-3H3. The van der Waals surface area contributed by atoms with Crippen LogP contribution in [0, 0.1) is 0 Å². The number of anilines is 1. The first-order valence-corrected chi connectivity index (χ1v) is 9.61. The molecule has 0 saturated carbocycles. The van der Waals surface area contributed by atoms with Gasteiger partial charge in [-0.25, -0.2) is 0 Å². The highest BCUT2D eigenvalue weighted by Gasteiger charge is 2.24. The van der Waals surface area contributed by atoms with E-state index in [0.29, 0.717) is 17.7 Å². The van der Waals surface area contributed by atoms with E-state index in [1.54, 1.807) is 18.4 Å². The van der Waals surface area contributed by atoms with Crippen molar-refractivity contribution in [2.24, 2.45) is 0 Å². The van der Waals surface area contributed by atoms with Crippen molar-refractivity contribution in [2.75, 3.05) is 25.1 Å². The molecule has 25 heavy (non-hydrogen) atoms. The van der Waals surface area contributed by atoms with Crippen LogP contribution in [-0.4, -0.2) is 42.3 Å². The van der Waals surface area contributed by atoms with Gasteiger partial charge in [0.05, 0.1) is 25.3 Å². The summed E-state index contributed by atoms with van der Waals surface area (Å²) in [6.45, 7) is 6.88. The summed E-state index contributed by atoms with van der Waals surface area (Å²) < 4.78 is 11.3. The summed E-state index contributed by atoms with van der Waals surface area (Å²) in [7, 11) is 1.64. The summed E-state index contributed by atoms with van der Waals surface area (Å²) in [5, 5.41) is 3.43. The molecule has 0 spiro atoms. The lowest BCUT2D eigenvalue weighted by molar-refractivity contribution is 0.220. The number of rotatable bonds is 7. The summed E-state index contributed by atoms with van der Waals surface area (Å²) in [6.07, 6.45) is 4.19. The number of nitrogens with zero attached hydrogens (tertiary/aromatic N) is 3. The molecule has 0 unspecified atom stereocenters. The molecule has 0 aliphatic carbocycles. The second kappa shape index (κ2) is 8.49. The van der Waals surface area contributed by atoms with Crippen molar-refractivity contribution < 1.29 is 9.47 Å². The fourth-order valence-electron chi connectivity index (χ4n) is 3.04. The van der Waals surface area contributed by atoms with Crippen molar-refractivity contribution >= 4 is 17.2 Å². The predicted octanol–water partition coefficient (Wildman–Crippen LogP) is 3.09. The van der Waals surface area contributed by atoms with Gasteiger partial charge in [0, 0.05) is 17.1 Å². The van der Waals surface area contributed by atoms with Crippen LogP contribution >= 0.6 is 11.3 Å². The molecule has 2 aromatic rings. The van der Waals surface area contributed by atoms with Gasteiger partial charge in [0.25, 0.3) is 5.88 Å². The number of pyridine rings is 1. The van der Waals surface area contributed by atoms with Gasteiger partial charge >= 0.3 is 0 Å². The lowest BCUT2D eigenvalue weighted by Gasteiger charge is -2.35. The Bertz CT molecular complexity index is 657. The van der Waals surface area contributed by atoms with E-state index in [0.717, 1.165) is 38.3 Å². The van der Waals surface area contributed by atoms with E-state index in [9.17, 15) is 0 Å². The Morgan fingerprint density at radius 2 is 2.12 bits per heavy atom. The fourth-order valence-corrected chi connectivity index (χ4v) is 3.64. The smallest absolute Gasteiger partial charge is 0.259 e. The molecule has 136 valence electrons. The van der Waals surface area contributed by atoms with Crippen LogP contribution in [0.3, 0.4) is 0 Å². The maximum absolute atomic E-state index is 5.86. The first-order valence-electron chi connectivity index (χ1n) is 8.73. The Hall–Kier alpha value is -1.86. The first kappa shape index (κ1) is 17.9. The van der Waals surface area contributed by atoms with Crippen LogP contribution < -0.4 is 19.7 Å². The summed E-state index contributed by atoms with van der Waals surface area (Å²) in [5.74, 6) is 2.15. The highest BCUT2D eigenvalue weighted by molar-refractivity contribution is 7.09. The Labute approximate surface area is 153 Å².